The number of allylic oxidation sites excluding steroid dienone is 2. The van der Waals surface area contributed by atoms with Gasteiger partial charge in [-0.1, -0.05) is 37.3 Å². The molecule has 1 aromatic heterocycles. The SMILES string of the molecule is C=C/C(C)=C/c1ccc(OC)cc1C.CCc1ncccc1F.Cc1cc(C(=O)N2CCCC(N)C2)cc2c1N(C)CCO2. The van der Waals surface area contributed by atoms with Crippen molar-refractivity contribution in [3.05, 3.63) is 101 Å². The molecule has 1 atom stereocenters. The van der Waals surface area contributed by atoms with Crippen LogP contribution in [0, 0.1) is 19.7 Å². The van der Waals surface area contributed by atoms with Crippen molar-refractivity contribution in [2.75, 3.05) is 45.3 Å². The Kier molecular flexibility index (Phi) is 13.0. The molecule has 2 aromatic carbocycles. The first kappa shape index (κ1) is 34.3. The van der Waals surface area contributed by atoms with Gasteiger partial charge < -0.3 is 25.0 Å². The average molecular weight is 603 g/mol. The molecule has 44 heavy (non-hydrogen) atoms. The number of methoxy groups -OCH3 is 1. The summed E-state index contributed by atoms with van der Waals surface area (Å²) in [4.78, 5) is 20.5. The molecule has 0 bridgehead atoms. The molecule has 1 amide bonds. The van der Waals surface area contributed by atoms with Crippen molar-refractivity contribution in [1.82, 2.24) is 9.88 Å². The van der Waals surface area contributed by atoms with Gasteiger partial charge in [-0.2, -0.15) is 0 Å². The minimum Gasteiger partial charge on any atom is -0.497 e. The van der Waals surface area contributed by atoms with Crippen LogP contribution in [-0.4, -0.2) is 62.2 Å². The molecule has 7 nitrogen and oxygen atoms in total. The van der Waals surface area contributed by atoms with Gasteiger partial charge in [0.1, 0.15) is 23.9 Å². The lowest BCUT2D eigenvalue weighted by Crippen LogP contribution is -2.45. The van der Waals surface area contributed by atoms with Crippen LogP contribution in [-0.2, 0) is 6.42 Å². The Morgan fingerprint density at radius 1 is 1.20 bits per heavy atom. The van der Waals surface area contributed by atoms with Crippen LogP contribution in [0.3, 0.4) is 0 Å². The molecule has 2 aliphatic rings. The third-order valence-corrected chi connectivity index (χ3v) is 7.68. The number of hydrogen-bond donors (Lipinski definition) is 1. The lowest BCUT2D eigenvalue weighted by atomic mass is 10.0. The summed E-state index contributed by atoms with van der Waals surface area (Å²) in [5.41, 5.74) is 13.0. The zero-order chi connectivity index (χ0) is 32.2. The number of likely N-dealkylation sites (N-methyl/N-ethyl adjacent to an activating group) is 1. The van der Waals surface area contributed by atoms with E-state index in [9.17, 15) is 9.18 Å². The second-order valence-corrected chi connectivity index (χ2v) is 11.2. The molecule has 5 rings (SSSR count). The minimum atomic E-state index is -0.208. The number of likely N-dealkylation sites (tertiary alicyclic amines) is 1. The first-order valence-corrected chi connectivity index (χ1v) is 15.2. The lowest BCUT2D eigenvalue weighted by Gasteiger charge is -2.32. The second kappa shape index (κ2) is 16.6. The van der Waals surface area contributed by atoms with Gasteiger partial charge in [-0.05, 0) is 93.1 Å². The van der Waals surface area contributed by atoms with E-state index in [-0.39, 0.29) is 17.8 Å². The van der Waals surface area contributed by atoms with Gasteiger partial charge in [0.2, 0.25) is 0 Å². The largest absolute Gasteiger partial charge is 0.497 e. The number of aromatic nitrogens is 1. The smallest absolute Gasteiger partial charge is 0.254 e. The van der Waals surface area contributed by atoms with Crippen molar-refractivity contribution in [1.29, 1.82) is 0 Å². The van der Waals surface area contributed by atoms with Gasteiger partial charge >= 0.3 is 0 Å². The number of ether oxygens (including phenoxy) is 2. The van der Waals surface area contributed by atoms with E-state index in [2.05, 4.69) is 42.6 Å². The zero-order valence-corrected chi connectivity index (χ0v) is 27.0. The first-order valence-electron chi connectivity index (χ1n) is 15.2. The topological polar surface area (TPSA) is 80.9 Å². The molecule has 3 aromatic rings. The van der Waals surface area contributed by atoms with E-state index in [0.717, 1.165) is 48.7 Å². The van der Waals surface area contributed by atoms with Crippen LogP contribution >= 0.6 is 0 Å². The number of rotatable bonds is 5. The zero-order valence-electron chi connectivity index (χ0n) is 27.0. The van der Waals surface area contributed by atoms with Crippen molar-refractivity contribution in [3.8, 4) is 11.5 Å². The Bertz CT molecular complexity index is 1460. The highest BCUT2D eigenvalue weighted by atomic mass is 19.1. The molecular weight excluding hydrogens is 555 g/mol. The number of piperidine rings is 1. The monoisotopic (exact) mass is 602 g/mol. The third kappa shape index (κ3) is 9.41. The summed E-state index contributed by atoms with van der Waals surface area (Å²) in [5.74, 6) is 1.57. The molecule has 0 aliphatic carbocycles. The Labute approximate surface area is 262 Å². The fourth-order valence-corrected chi connectivity index (χ4v) is 5.17. The van der Waals surface area contributed by atoms with Crippen LogP contribution in [0.15, 0.2) is 66.9 Å². The number of aryl methyl sites for hydroxylation is 3. The number of benzene rings is 2. The summed E-state index contributed by atoms with van der Waals surface area (Å²) in [6, 6.07) is 13.0. The molecule has 3 heterocycles. The fourth-order valence-electron chi connectivity index (χ4n) is 5.17. The van der Waals surface area contributed by atoms with E-state index in [4.69, 9.17) is 15.2 Å². The van der Waals surface area contributed by atoms with E-state index in [1.54, 1.807) is 19.4 Å². The summed E-state index contributed by atoms with van der Waals surface area (Å²) >= 11 is 0. The number of amides is 1. The van der Waals surface area contributed by atoms with Crippen LogP contribution in [0.2, 0.25) is 0 Å². The average Bonchev–Trinajstić information content (AvgIpc) is 3.02. The van der Waals surface area contributed by atoms with Crippen molar-refractivity contribution in [2.24, 2.45) is 5.73 Å². The van der Waals surface area contributed by atoms with E-state index in [0.29, 0.717) is 30.8 Å². The summed E-state index contributed by atoms with van der Waals surface area (Å²) in [6.07, 6.45) is 8.21. The first-order chi connectivity index (χ1) is 21.1. The van der Waals surface area contributed by atoms with Crippen LogP contribution in [0.25, 0.3) is 6.08 Å². The van der Waals surface area contributed by atoms with Gasteiger partial charge in [0.05, 0.1) is 25.0 Å². The highest BCUT2D eigenvalue weighted by Crippen LogP contribution is 2.35. The maximum Gasteiger partial charge on any atom is 0.254 e. The maximum absolute atomic E-state index is 12.7. The molecule has 236 valence electrons. The Hall–Kier alpha value is -4.17. The number of nitrogens with two attached hydrogens (primary N) is 1. The number of anilines is 1. The third-order valence-electron chi connectivity index (χ3n) is 7.68. The van der Waals surface area contributed by atoms with Gasteiger partial charge in [-0.15, -0.1) is 0 Å². The summed E-state index contributed by atoms with van der Waals surface area (Å²) in [5, 5.41) is 0. The van der Waals surface area contributed by atoms with Crippen molar-refractivity contribution < 1.29 is 18.7 Å². The summed E-state index contributed by atoms with van der Waals surface area (Å²) in [7, 11) is 3.73. The Morgan fingerprint density at radius 3 is 2.59 bits per heavy atom. The number of carbonyl (C=O) groups is 1. The fraction of sp³-hybridized carbons (Fsp3) is 0.389. The van der Waals surface area contributed by atoms with Crippen molar-refractivity contribution in [3.63, 3.8) is 0 Å². The summed E-state index contributed by atoms with van der Waals surface area (Å²) < 4.78 is 23.4. The van der Waals surface area contributed by atoms with Crippen molar-refractivity contribution >= 4 is 17.7 Å². The minimum absolute atomic E-state index is 0.0628. The van der Waals surface area contributed by atoms with Gasteiger partial charge in [-0.25, -0.2) is 4.39 Å². The number of nitrogens with zero attached hydrogens (tertiary/aromatic N) is 3. The highest BCUT2D eigenvalue weighted by molar-refractivity contribution is 5.96. The quantitative estimate of drug-likeness (QED) is 0.325. The molecule has 0 spiro atoms. The van der Waals surface area contributed by atoms with Crippen LogP contribution in [0.4, 0.5) is 10.1 Å². The van der Waals surface area contributed by atoms with Crippen LogP contribution in [0.5, 0.6) is 11.5 Å². The predicted octanol–water partition coefficient (Wildman–Crippen LogP) is 6.76. The van der Waals surface area contributed by atoms with Gasteiger partial charge in [0, 0.05) is 37.9 Å². The van der Waals surface area contributed by atoms with Crippen LogP contribution in [0.1, 0.15) is 59.4 Å². The number of pyridine rings is 1. The van der Waals surface area contributed by atoms with E-state index >= 15 is 0 Å². The van der Waals surface area contributed by atoms with E-state index in [1.807, 2.05) is 56.0 Å². The van der Waals surface area contributed by atoms with Gasteiger partial charge in [-0.3, -0.25) is 9.78 Å². The van der Waals surface area contributed by atoms with E-state index in [1.165, 1.54) is 22.8 Å². The normalized spacial score (nSPS) is 15.9. The highest BCUT2D eigenvalue weighted by Gasteiger charge is 2.25. The Balaban J connectivity index is 0.000000198. The van der Waals surface area contributed by atoms with Crippen LogP contribution < -0.4 is 20.1 Å². The molecule has 0 radical (unpaired) electrons. The Morgan fingerprint density at radius 2 is 1.98 bits per heavy atom. The molecule has 1 saturated heterocycles. The molecular formula is C36H47FN4O3. The predicted molar refractivity (Wildman–Crippen MR) is 178 cm³/mol. The molecule has 1 fully saturated rings. The van der Waals surface area contributed by atoms with E-state index < -0.39 is 0 Å². The molecule has 0 saturated carbocycles. The molecule has 2 N–H and O–H groups in total. The maximum atomic E-state index is 12.7. The van der Waals surface area contributed by atoms with Gasteiger partial charge in [0.15, 0.2) is 0 Å². The number of hydrogen-bond acceptors (Lipinski definition) is 6. The number of carbonyl (C=O) groups excluding carboxylic acids is 1. The molecule has 1 unspecified atom stereocenters. The molecule has 8 heteroatoms. The van der Waals surface area contributed by atoms with Crippen molar-refractivity contribution in [2.45, 2.75) is 53.0 Å². The molecule has 2 aliphatic heterocycles. The summed E-state index contributed by atoms with van der Waals surface area (Å²) in [6.45, 7) is 14.7. The number of halogens is 1. The standard InChI is InChI=1S/C16H23N3O2.C13H16O.C7H8FN/c1-11-8-12(9-14-15(11)18(2)6-7-21-14)16(20)19-5-3-4-13(17)10-19;1-5-10(2)8-12-6-7-13(14-4)9-11(12)3;1-2-7-6(8)4-3-5-9-7/h8-9,13H,3-7,10,17H2,1-2H3;5-9H,1H2,2-4H3;3-5H,2H2,1H3/b;10-8+;. The van der Waals surface area contributed by atoms with Gasteiger partial charge in [0.25, 0.3) is 5.91 Å². The second-order valence-electron chi connectivity index (χ2n) is 11.2. The number of fused-ring (bicyclic) bond motifs is 1. The lowest BCUT2D eigenvalue weighted by molar-refractivity contribution is 0.0708.